The lowest BCUT2D eigenvalue weighted by molar-refractivity contribution is 0.0593. The van der Waals surface area contributed by atoms with Crippen LogP contribution in [-0.2, 0) is 4.74 Å². The maximum atomic E-state index is 11.8. The SMILES string of the molecule is COC(=O)c1nc(-c2ccc(I)cc2)c(Cl)c(N)c1C. The lowest BCUT2D eigenvalue weighted by atomic mass is 10.1. The minimum absolute atomic E-state index is 0.183. The zero-order valence-corrected chi connectivity index (χ0v) is 13.8. The first-order valence-electron chi connectivity index (χ1n) is 5.75. The van der Waals surface area contributed by atoms with E-state index in [1.54, 1.807) is 6.92 Å². The van der Waals surface area contributed by atoms with Gasteiger partial charge in [-0.3, -0.25) is 0 Å². The number of esters is 1. The van der Waals surface area contributed by atoms with Gasteiger partial charge in [-0.15, -0.1) is 0 Å². The number of rotatable bonds is 2. The Hall–Kier alpha value is -1.34. The summed E-state index contributed by atoms with van der Waals surface area (Å²) in [6.07, 6.45) is 0. The quantitative estimate of drug-likeness (QED) is 0.615. The molecule has 0 spiro atoms. The summed E-state index contributed by atoms with van der Waals surface area (Å²) < 4.78 is 5.81. The van der Waals surface area contributed by atoms with Gasteiger partial charge >= 0.3 is 5.97 Å². The van der Waals surface area contributed by atoms with Gasteiger partial charge in [0.25, 0.3) is 0 Å². The third kappa shape index (κ3) is 2.73. The van der Waals surface area contributed by atoms with Crippen molar-refractivity contribution in [1.29, 1.82) is 0 Å². The number of nitrogens with two attached hydrogens (primary N) is 1. The first-order valence-corrected chi connectivity index (χ1v) is 7.21. The van der Waals surface area contributed by atoms with Crippen LogP contribution in [0.4, 0.5) is 5.69 Å². The maximum Gasteiger partial charge on any atom is 0.357 e. The van der Waals surface area contributed by atoms with Crippen LogP contribution in [0.2, 0.25) is 5.02 Å². The second-order valence-corrected chi connectivity index (χ2v) is 5.78. The second kappa shape index (κ2) is 5.97. The molecule has 0 aliphatic heterocycles. The van der Waals surface area contributed by atoms with Crippen molar-refractivity contribution in [3.63, 3.8) is 0 Å². The molecule has 0 bridgehead atoms. The summed E-state index contributed by atoms with van der Waals surface area (Å²) in [5.74, 6) is -0.530. The van der Waals surface area contributed by atoms with Crippen LogP contribution in [0.15, 0.2) is 24.3 Å². The summed E-state index contributed by atoms with van der Waals surface area (Å²) in [7, 11) is 1.30. The van der Waals surface area contributed by atoms with E-state index in [9.17, 15) is 4.79 Å². The number of carbonyl (C=O) groups is 1. The number of ether oxygens (including phenoxy) is 1. The Bertz CT molecular complexity index is 672. The highest BCUT2D eigenvalue weighted by Crippen LogP contribution is 2.34. The number of nitrogen functional groups attached to an aromatic ring is 1. The predicted octanol–water partition coefficient (Wildman–Crippen LogP) is 3.68. The van der Waals surface area contributed by atoms with Gasteiger partial charge in [0.15, 0.2) is 5.69 Å². The average molecular weight is 403 g/mol. The Morgan fingerprint density at radius 1 is 1.35 bits per heavy atom. The number of pyridine rings is 1. The molecule has 0 radical (unpaired) electrons. The fourth-order valence-corrected chi connectivity index (χ4v) is 2.41. The molecule has 0 saturated carbocycles. The molecule has 2 rings (SSSR count). The predicted molar refractivity (Wildman–Crippen MR) is 87.9 cm³/mol. The van der Waals surface area contributed by atoms with E-state index in [1.807, 2.05) is 24.3 Å². The number of methoxy groups -OCH3 is 1. The minimum atomic E-state index is -0.530. The molecular weight excluding hydrogens is 391 g/mol. The monoisotopic (exact) mass is 402 g/mol. The summed E-state index contributed by atoms with van der Waals surface area (Å²) in [6, 6.07) is 7.63. The van der Waals surface area contributed by atoms with Gasteiger partial charge in [0, 0.05) is 14.7 Å². The molecular formula is C14H12ClIN2O2. The molecule has 0 atom stereocenters. The molecule has 0 saturated heterocycles. The zero-order valence-electron chi connectivity index (χ0n) is 10.9. The van der Waals surface area contributed by atoms with Gasteiger partial charge < -0.3 is 10.5 Å². The fraction of sp³-hybridized carbons (Fsp3) is 0.143. The van der Waals surface area contributed by atoms with Crippen molar-refractivity contribution in [3.05, 3.63) is 44.1 Å². The van der Waals surface area contributed by atoms with Gasteiger partial charge in [0.1, 0.15) is 0 Å². The summed E-state index contributed by atoms with van der Waals surface area (Å²) >= 11 is 8.46. The van der Waals surface area contributed by atoms with Crippen LogP contribution in [0.3, 0.4) is 0 Å². The van der Waals surface area contributed by atoms with Crippen molar-refractivity contribution in [2.24, 2.45) is 0 Å². The zero-order chi connectivity index (χ0) is 14.9. The minimum Gasteiger partial charge on any atom is -0.464 e. The first-order chi connectivity index (χ1) is 9.45. The van der Waals surface area contributed by atoms with Crippen molar-refractivity contribution in [3.8, 4) is 11.3 Å². The van der Waals surface area contributed by atoms with Gasteiger partial charge in [-0.05, 0) is 41.6 Å². The van der Waals surface area contributed by atoms with E-state index in [-0.39, 0.29) is 5.69 Å². The lowest BCUT2D eigenvalue weighted by Gasteiger charge is -2.12. The summed E-state index contributed by atoms with van der Waals surface area (Å²) in [4.78, 5) is 16.1. The molecule has 1 aromatic heterocycles. The average Bonchev–Trinajstić information content (AvgIpc) is 2.45. The standard InChI is InChI=1S/C14H12ClIN2O2/c1-7-11(17)10(15)13(18-12(7)14(19)20-2)8-3-5-9(16)6-4-8/h3-6H,1-2H3,(H2,17,18). The molecule has 2 N–H and O–H groups in total. The van der Waals surface area contributed by atoms with Gasteiger partial charge in [-0.25, -0.2) is 9.78 Å². The van der Waals surface area contributed by atoms with Crippen molar-refractivity contribution < 1.29 is 9.53 Å². The van der Waals surface area contributed by atoms with Crippen molar-refractivity contribution in [1.82, 2.24) is 4.98 Å². The Kier molecular flexibility index (Phi) is 4.49. The van der Waals surface area contributed by atoms with Crippen LogP contribution in [0.1, 0.15) is 16.1 Å². The third-order valence-electron chi connectivity index (χ3n) is 2.92. The topological polar surface area (TPSA) is 65.2 Å². The molecule has 0 fully saturated rings. The summed E-state index contributed by atoms with van der Waals surface area (Å²) in [5, 5.41) is 0.344. The number of hydrogen-bond donors (Lipinski definition) is 1. The molecule has 0 aliphatic carbocycles. The van der Waals surface area contributed by atoms with Gasteiger partial charge in [-0.2, -0.15) is 0 Å². The van der Waals surface area contributed by atoms with Crippen LogP contribution < -0.4 is 5.73 Å². The molecule has 0 amide bonds. The first kappa shape index (κ1) is 15.1. The fourth-order valence-electron chi connectivity index (χ4n) is 1.76. The van der Waals surface area contributed by atoms with E-state index in [2.05, 4.69) is 27.6 Å². The largest absolute Gasteiger partial charge is 0.464 e. The molecule has 6 heteroatoms. The highest BCUT2D eigenvalue weighted by Gasteiger charge is 2.20. The van der Waals surface area contributed by atoms with Crippen LogP contribution in [0.5, 0.6) is 0 Å². The molecule has 20 heavy (non-hydrogen) atoms. The number of halogens is 2. The Morgan fingerprint density at radius 3 is 2.50 bits per heavy atom. The van der Waals surface area contributed by atoms with Crippen LogP contribution in [0, 0.1) is 10.5 Å². The number of nitrogens with zero attached hydrogens (tertiary/aromatic N) is 1. The van der Waals surface area contributed by atoms with E-state index < -0.39 is 5.97 Å². The number of carbonyl (C=O) groups excluding carboxylic acids is 1. The molecule has 4 nitrogen and oxygen atoms in total. The van der Waals surface area contributed by atoms with Crippen LogP contribution in [-0.4, -0.2) is 18.1 Å². The summed E-state index contributed by atoms with van der Waals surface area (Å²) in [5.41, 5.74) is 8.29. The number of aromatic nitrogens is 1. The van der Waals surface area contributed by atoms with Crippen LogP contribution >= 0.6 is 34.2 Å². The van der Waals surface area contributed by atoms with E-state index >= 15 is 0 Å². The Balaban J connectivity index is 2.67. The second-order valence-electron chi connectivity index (χ2n) is 4.16. The summed E-state index contributed by atoms with van der Waals surface area (Å²) in [6.45, 7) is 1.69. The van der Waals surface area contributed by atoms with Gasteiger partial charge in [0.05, 0.1) is 23.5 Å². The van der Waals surface area contributed by atoms with Crippen LogP contribution in [0.25, 0.3) is 11.3 Å². The van der Waals surface area contributed by atoms with E-state index in [1.165, 1.54) is 7.11 Å². The smallest absolute Gasteiger partial charge is 0.357 e. The van der Waals surface area contributed by atoms with Gasteiger partial charge in [0.2, 0.25) is 0 Å². The van der Waals surface area contributed by atoms with Crippen molar-refractivity contribution in [2.75, 3.05) is 12.8 Å². The molecule has 2 aromatic rings. The molecule has 1 heterocycles. The lowest BCUT2D eigenvalue weighted by Crippen LogP contribution is -2.10. The number of hydrogen-bond acceptors (Lipinski definition) is 4. The molecule has 104 valence electrons. The van der Waals surface area contributed by atoms with E-state index in [0.717, 1.165) is 9.13 Å². The van der Waals surface area contributed by atoms with Crippen molar-refractivity contribution in [2.45, 2.75) is 6.92 Å². The Labute approximate surface area is 135 Å². The number of benzene rings is 1. The normalized spacial score (nSPS) is 10.4. The maximum absolute atomic E-state index is 11.8. The van der Waals surface area contributed by atoms with E-state index in [0.29, 0.717) is 22.0 Å². The van der Waals surface area contributed by atoms with Crippen molar-refractivity contribution >= 4 is 45.8 Å². The van der Waals surface area contributed by atoms with E-state index in [4.69, 9.17) is 22.1 Å². The third-order valence-corrected chi connectivity index (χ3v) is 4.03. The highest BCUT2D eigenvalue weighted by atomic mass is 127. The van der Waals surface area contributed by atoms with Gasteiger partial charge in [-0.1, -0.05) is 23.7 Å². The Morgan fingerprint density at radius 2 is 1.95 bits per heavy atom. The molecule has 0 aliphatic rings. The number of anilines is 1. The molecule has 1 aromatic carbocycles. The molecule has 0 unspecified atom stereocenters. The highest BCUT2D eigenvalue weighted by molar-refractivity contribution is 14.1.